The molecule has 0 spiro atoms. The highest BCUT2D eigenvalue weighted by Gasteiger charge is 2.62. The molecule has 0 radical (unpaired) electrons. The van der Waals surface area contributed by atoms with Crippen LogP contribution < -0.4 is 0 Å². The monoisotopic (exact) mass is 724 g/mol. The van der Waals surface area contributed by atoms with E-state index in [1.807, 2.05) is 6.92 Å². The van der Waals surface area contributed by atoms with Crippen LogP contribution in [0.15, 0.2) is 11.1 Å². The number of carbonyl (C=O) groups excluding carboxylic acids is 3. The van der Waals surface area contributed by atoms with Gasteiger partial charge in [-0.15, -0.1) is 0 Å². The van der Waals surface area contributed by atoms with E-state index in [9.17, 15) is 14.4 Å². The van der Waals surface area contributed by atoms with Crippen LogP contribution in [0, 0.1) is 22.7 Å². The van der Waals surface area contributed by atoms with Crippen LogP contribution in [0.5, 0.6) is 0 Å². The molecule has 48 heavy (non-hydrogen) atoms. The molecule has 10 heteroatoms. The fourth-order valence-corrected chi connectivity index (χ4v) is 10.9. The number of fused-ring (bicyclic) bond motifs is 1. The number of Topliss-reactive ketones (excluding diaryl/α,β-unsaturated/α-hetero) is 2. The Bertz CT molecular complexity index is 1260. The van der Waals surface area contributed by atoms with Crippen molar-refractivity contribution in [3.8, 4) is 0 Å². The summed E-state index contributed by atoms with van der Waals surface area (Å²) in [6, 6.07) is 0. The van der Waals surface area contributed by atoms with E-state index in [0.717, 1.165) is 12.0 Å². The Balaban J connectivity index is 2.95. The maximum Gasteiger partial charge on any atom is 0.324 e. The highest BCUT2D eigenvalue weighted by Crippen LogP contribution is 2.63. The van der Waals surface area contributed by atoms with Gasteiger partial charge in [0, 0.05) is 17.6 Å². The second kappa shape index (κ2) is 13.9. The van der Waals surface area contributed by atoms with Crippen molar-refractivity contribution < 1.29 is 32.4 Å². The average Bonchev–Trinajstić information content (AvgIpc) is 2.88. The Morgan fingerprint density at radius 3 is 1.69 bits per heavy atom. The molecule has 0 heterocycles. The maximum atomic E-state index is 14.7. The summed E-state index contributed by atoms with van der Waals surface area (Å²) in [6.07, 6.45) is 1.73. The minimum Gasteiger partial charge on any atom is -0.468 e. The van der Waals surface area contributed by atoms with Crippen molar-refractivity contribution in [2.75, 3.05) is 13.7 Å². The van der Waals surface area contributed by atoms with Gasteiger partial charge in [-0.2, -0.15) is 0 Å². The Morgan fingerprint density at radius 2 is 1.27 bits per heavy atom. The number of carbonyl (C=O) groups is 3. The molecule has 1 saturated carbocycles. The number of ketones is 2. The molecular formula is C38H72O7Si3. The third kappa shape index (κ3) is 8.24. The number of methoxy groups -OCH3 is 1. The van der Waals surface area contributed by atoms with E-state index in [-0.39, 0.29) is 33.2 Å². The van der Waals surface area contributed by atoms with Gasteiger partial charge in [0.2, 0.25) is 0 Å². The Hall–Kier alpha value is -0.919. The van der Waals surface area contributed by atoms with Crippen LogP contribution in [0.4, 0.5) is 0 Å². The highest BCUT2D eigenvalue weighted by molar-refractivity contribution is 6.75. The molecule has 6 atom stereocenters. The molecule has 2 aliphatic carbocycles. The van der Waals surface area contributed by atoms with E-state index in [0.29, 0.717) is 25.0 Å². The zero-order valence-electron chi connectivity index (χ0n) is 34.5. The number of hydrogen-bond donors (Lipinski definition) is 0. The van der Waals surface area contributed by atoms with Crippen LogP contribution in [0.2, 0.25) is 54.4 Å². The summed E-state index contributed by atoms with van der Waals surface area (Å²) in [5, 5.41) is -0.0196. The number of rotatable bonds is 11. The van der Waals surface area contributed by atoms with Crippen LogP contribution in [0.1, 0.15) is 109 Å². The van der Waals surface area contributed by atoms with Crippen molar-refractivity contribution in [2.24, 2.45) is 22.7 Å². The maximum absolute atomic E-state index is 14.7. The van der Waals surface area contributed by atoms with Crippen molar-refractivity contribution in [1.29, 1.82) is 0 Å². The summed E-state index contributed by atoms with van der Waals surface area (Å²) in [6.45, 7) is 42.3. The van der Waals surface area contributed by atoms with E-state index < -0.39 is 59.2 Å². The number of ether oxygens (including phenoxy) is 1. The van der Waals surface area contributed by atoms with Gasteiger partial charge in [-0.25, -0.2) is 0 Å². The third-order valence-electron chi connectivity index (χ3n) is 13.5. The Labute approximate surface area is 297 Å². The zero-order valence-corrected chi connectivity index (χ0v) is 37.5. The fraction of sp³-hybridized carbons (Fsp3) is 0.868. The first kappa shape index (κ1) is 43.2. The minimum absolute atomic E-state index is 0.0162. The SMILES string of the molecule is COC(=O)C(C(C)=O)C(=O)C1=C(C)[C@@H](O[Si](C)(C)C(C)(C)C)C[C@H]2C(C)(CO[Si](C)(C)C(C)(C)C)[C@@H](O[Si](C)(C)C(C)(C)C)CC[C@]12C. The van der Waals surface area contributed by atoms with Crippen LogP contribution >= 0.6 is 0 Å². The molecule has 0 bridgehead atoms. The molecule has 0 aliphatic heterocycles. The topological polar surface area (TPSA) is 88.1 Å². The zero-order chi connectivity index (χ0) is 37.9. The van der Waals surface area contributed by atoms with Gasteiger partial charge in [0.05, 0.1) is 19.3 Å². The van der Waals surface area contributed by atoms with Gasteiger partial charge in [0.15, 0.2) is 42.4 Å². The number of hydrogen-bond acceptors (Lipinski definition) is 7. The summed E-state index contributed by atoms with van der Waals surface area (Å²) in [5.74, 6) is -3.32. The molecule has 0 aromatic heterocycles. The first-order chi connectivity index (χ1) is 21.2. The van der Waals surface area contributed by atoms with Crippen LogP contribution in [-0.2, 0) is 32.4 Å². The second-order valence-electron chi connectivity index (χ2n) is 20.0. The summed E-state index contributed by atoms with van der Waals surface area (Å²) >= 11 is 0. The van der Waals surface area contributed by atoms with Crippen LogP contribution in [-0.4, -0.2) is 68.4 Å². The van der Waals surface area contributed by atoms with Gasteiger partial charge in [-0.3, -0.25) is 14.4 Å². The predicted molar refractivity (Wildman–Crippen MR) is 205 cm³/mol. The fourth-order valence-electron chi connectivity index (χ4n) is 7.05. The Morgan fingerprint density at radius 1 is 0.812 bits per heavy atom. The van der Waals surface area contributed by atoms with Gasteiger partial charge in [-0.05, 0) is 104 Å². The molecule has 1 fully saturated rings. The lowest BCUT2D eigenvalue weighted by Gasteiger charge is -2.61. The van der Waals surface area contributed by atoms with Crippen LogP contribution in [0.25, 0.3) is 0 Å². The average molecular weight is 725 g/mol. The molecule has 0 aromatic rings. The summed E-state index contributed by atoms with van der Waals surface area (Å²) in [4.78, 5) is 40.8. The molecule has 2 unspecified atom stereocenters. The van der Waals surface area contributed by atoms with E-state index in [1.54, 1.807) is 0 Å². The lowest BCUT2D eigenvalue weighted by Crippen LogP contribution is -2.62. The van der Waals surface area contributed by atoms with E-state index in [4.69, 9.17) is 18.0 Å². The minimum atomic E-state index is -2.31. The van der Waals surface area contributed by atoms with E-state index in [2.05, 4.69) is 115 Å². The lowest BCUT2D eigenvalue weighted by molar-refractivity contribution is -0.154. The third-order valence-corrected chi connectivity index (χ3v) is 27.0. The van der Waals surface area contributed by atoms with E-state index in [1.165, 1.54) is 14.0 Å². The van der Waals surface area contributed by atoms with Gasteiger partial charge < -0.3 is 18.0 Å². The quantitative estimate of drug-likeness (QED) is 0.119. The summed E-state index contributed by atoms with van der Waals surface area (Å²) in [5.41, 5.74) is 0.304. The van der Waals surface area contributed by atoms with Crippen molar-refractivity contribution in [2.45, 2.75) is 176 Å². The molecule has 0 N–H and O–H groups in total. The smallest absolute Gasteiger partial charge is 0.324 e. The normalized spacial score (nSPS) is 28.5. The molecule has 2 aliphatic rings. The molecular weight excluding hydrogens is 653 g/mol. The second-order valence-corrected chi connectivity index (χ2v) is 34.3. The van der Waals surface area contributed by atoms with Gasteiger partial charge in [-0.1, -0.05) is 76.2 Å². The van der Waals surface area contributed by atoms with Crippen molar-refractivity contribution in [1.82, 2.24) is 0 Å². The molecule has 0 saturated heterocycles. The van der Waals surface area contributed by atoms with Gasteiger partial charge in [0.1, 0.15) is 0 Å². The summed E-state index contributed by atoms with van der Waals surface area (Å²) in [7, 11) is -5.47. The first-order valence-electron chi connectivity index (χ1n) is 18.0. The van der Waals surface area contributed by atoms with Gasteiger partial charge >= 0.3 is 5.97 Å². The van der Waals surface area contributed by atoms with Crippen molar-refractivity contribution in [3.05, 3.63) is 11.1 Å². The highest BCUT2D eigenvalue weighted by atomic mass is 28.4. The number of esters is 1. The number of allylic oxidation sites excluding steroid dienone is 1. The first-order valence-corrected chi connectivity index (χ1v) is 26.8. The Kier molecular flexibility index (Phi) is 12.5. The van der Waals surface area contributed by atoms with Crippen molar-refractivity contribution >= 4 is 42.5 Å². The molecule has 0 amide bonds. The molecule has 278 valence electrons. The lowest BCUT2D eigenvalue weighted by atomic mass is 9.48. The largest absolute Gasteiger partial charge is 0.468 e. The van der Waals surface area contributed by atoms with Crippen LogP contribution in [0.3, 0.4) is 0 Å². The van der Waals surface area contributed by atoms with Crippen molar-refractivity contribution in [3.63, 3.8) is 0 Å². The van der Waals surface area contributed by atoms with E-state index >= 15 is 0 Å². The molecule has 7 nitrogen and oxygen atoms in total. The standard InChI is InChI=1S/C38H72O7Si3/c1-25-27(44-47(17,18)35(6,7)8)23-28-37(12,31(25)32(40)30(26(2)39)33(41)42-14)22-21-29(45-48(19,20)36(9,10)11)38(28,13)24-43-46(15,16)34(3,4)5/h27-30H,21-24H2,1-20H3/t27-,28+,29-,30?,37-,38?/m0/s1. The molecule has 2 rings (SSSR count). The molecule has 0 aromatic carbocycles. The predicted octanol–water partition coefficient (Wildman–Crippen LogP) is 9.88. The van der Waals surface area contributed by atoms with Gasteiger partial charge in [0.25, 0.3) is 0 Å². The summed E-state index contributed by atoms with van der Waals surface area (Å²) < 4.78 is 26.7.